The van der Waals surface area contributed by atoms with E-state index < -0.39 is 29.2 Å². The van der Waals surface area contributed by atoms with E-state index in [0.717, 1.165) is 28.9 Å². The molecule has 1 heterocycles. The van der Waals surface area contributed by atoms with Crippen molar-refractivity contribution in [1.82, 2.24) is 5.32 Å². The lowest BCUT2D eigenvalue weighted by atomic mass is 10.1. The van der Waals surface area contributed by atoms with Gasteiger partial charge in [-0.15, -0.1) is 0 Å². The number of nitrogens with one attached hydrogen (secondary N) is 2. The van der Waals surface area contributed by atoms with Crippen LogP contribution in [0.1, 0.15) is 17.7 Å². The summed E-state index contributed by atoms with van der Waals surface area (Å²) in [5.41, 5.74) is -0.706. The van der Waals surface area contributed by atoms with Crippen LogP contribution in [0.15, 0.2) is 59.0 Å². The van der Waals surface area contributed by atoms with Gasteiger partial charge in [0.05, 0.1) is 11.3 Å². The first-order chi connectivity index (χ1) is 13.3. The first-order valence-corrected chi connectivity index (χ1v) is 8.57. The average Bonchev–Trinajstić information content (AvgIpc) is 3.07. The van der Waals surface area contributed by atoms with E-state index in [1.54, 1.807) is 0 Å². The number of halogens is 3. The second-order valence-electron chi connectivity index (χ2n) is 6.11. The van der Waals surface area contributed by atoms with Gasteiger partial charge in [-0.3, -0.25) is 9.59 Å². The van der Waals surface area contributed by atoms with E-state index in [4.69, 9.17) is 4.42 Å². The van der Waals surface area contributed by atoms with E-state index in [-0.39, 0.29) is 6.54 Å². The van der Waals surface area contributed by atoms with Crippen LogP contribution >= 0.6 is 0 Å². The Kier molecular flexibility index (Phi) is 5.67. The monoisotopic (exact) mass is 390 g/mol. The number of carbonyl (C=O) groups is 2. The molecule has 0 spiro atoms. The standard InChI is InChI=1S/C20H17F3N2O3/c21-20(22,23)15-8-2-3-9-16(15)25-19(27)18(26)24-11-5-7-14-12-13-6-1-4-10-17(13)28-14/h1-4,6,8-10,12H,5,7,11H2,(H,24,26)(H,25,27). The topological polar surface area (TPSA) is 71.3 Å². The second-order valence-corrected chi connectivity index (χ2v) is 6.11. The van der Waals surface area contributed by atoms with Crippen LogP contribution in [0.25, 0.3) is 11.0 Å². The Bertz CT molecular complexity index is 963. The quantitative estimate of drug-likeness (QED) is 0.508. The van der Waals surface area contributed by atoms with Crippen molar-refractivity contribution in [1.29, 1.82) is 0 Å². The lowest BCUT2D eigenvalue weighted by Gasteiger charge is -2.13. The Hall–Kier alpha value is -3.29. The van der Waals surface area contributed by atoms with Gasteiger partial charge >= 0.3 is 18.0 Å². The molecule has 0 aliphatic heterocycles. The normalized spacial score (nSPS) is 11.4. The van der Waals surface area contributed by atoms with Crippen molar-refractivity contribution in [3.63, 3.8) is 0 Å². The molecular weight excluding hydrogens is 373 g/mol. The number of fused-ring (bicyclic) bond motifs is 1. The van der Waals surface area contributed by atoms with Crippen LogP contribution in [0.3, 0.4) is 0 Å². The van der Waals surface area contributed by atoms with Crippen molar-refractivity contribution < 1.29 is 27.2 Å². The molecule has 0 aliphatic rings. The van der Waals surface area contributed by atoms with E-state index in [1.807, 2.05) is 35.6 Å². The molecule has 0 unspecified atom stereocenters. The SMILES string of the molecule is O=C(NCCCc1cc2ccccc2o1)C(=O)Nc1ccccc1C(F)(F)F. The third-order valence-electron chi connectivity index (χ3n) is 4.05. The third kappa shape index (κ3) is 4.70. The maximum absolute atomic E-state index is 12.9. The number of para-hydroxylation sites is 2. The molecule has 1 aromatic heterocycles. The molecule has 0 atom stereocenters. The van der Waals surface area contributed by atoms with Gasteiger partial charge in [-0.25, -0.2) is 0 Å². The Morgan fingerprint density at radius 2 is 1.68 bits per heavy atom. The van der Waals surface area contributed by atoms with E-state index >= 15 is 0 Å². The molecule has 3 rings (SSSR count). The van der Waals surface area contributed by atoms with Gasteiger partial charge in [0.25, 0.3) is 0 Å². The Morgan fingerprint density at radius 1 is 0.964 bits per heavy atom. The molecule has 0 radical (unpaired) electrons. The van der Waals surface area contributed by atoms with Gasteiger partial charge < -0.3 is 15.1 Å². The van der Waals surface area contributed by atoms with Crippen LogP contribution in [0.5, 0.6) is 0 Å². The van der Waals surface area contributed by atoms with E-state index in [0.29, 0.717) is 12.8 Å². The predicted octanol–water partition coefficient (Wildman–Crippen LogP) is 4.14. The molecule has 28 heavy (non-hydrogen) atoms. The lowest BCUT2D eigenvalue weighted by molar-refractivity contribution is -0.138. The van der Waals surface area contributed by atoms with Crippen molar-refractivity contribution in [3.8, 4) is 0 Å². The van der Waals surface area contributed by atoms with Crippen LogP contribution < -0.4 is 10.6 Å². The minimum Gasteiger partial charge on any atom is -0.461 e. The molecular formula is C20H17F3N2O3. The highest BCUT2D eigenvalue weighted by molar-refractivity contribution is 6.39. The molecule has 3 aromatic rings. The largest absolute Gasteiger partial charge is 0.461 e. The molecule has 0 fully saturated rings. The summed E-state index contributed by atoms with van der Waals surface area (Å²) in [7, 11) is 0. The zero-order chi connectivity index (χ0) is 20.1. The maximum Gasteiger partial charge on any atom is 0.418 e. The first kappa shape index (κ1) is 19.5. The van der Waals surface area contributed by atoms with Gasteiger partial charge in [-0.05, 0) is 30.7 Å². The Morgan fingerprint density at radius 3 is 2.43 bits per heavy atom. The van der Waals surface area contributed by atoms with Crippen molar-refractivity contribution in [2.75, 3.05) is 11.9 Å². The highest BCUT2D eigenvalue weighted by atomic mass is 19.4. The molecule has 0 saturated carbocycles. The average molecular weight is 390 g/mol. The van der Waals surface area contributed by atoms with Crippen LogP contribution in [0, 0.1) is 0 Å². The smallest absolute Gasteiger partial charge is 0.418 e. The third-order valence-corrected chi connectivity index (χ3v) is 4.05. The number of hydrogen-bond donors (Lipinski definition) is 2. The van der Waals surface area contributed by atoms with E-state index in [1.165, 1.54) is 12.1 Å². The Labute approximate surface area is 158 Å². The summed E-state index contributed by atoms with van der Waals surface area (Å²) < 4.78 is 44.4. The summed E-state index contributed by atoms with van der Waals surface area (Å²) in [5.74, 6) is -1.40. The maximum atomic E-state index is 12.9. The van der Waals surface area contributed by atoms with Gasteiger partial charge in [0, 0.05) is 18.4 Å². The molecule has 2 amide bonds. The van der Waals surface area contributed by atoms with Crippen molar-refractivity contribution >= 4 is 28.5 Å². The van der Waals surface area contributed by atoms with Gasteiger partial charge in [0.2, 0.25) is 0 Å². The molecule has 0 aliphatic carbocycles. The van der Waals surface area contributed by atoms with E-state index in [2.05, 4.69) is 5.32 Å². The number of carbonyl (C=O) groups excluding carboxylic acids is 2. The number of rotatable bonds is 5. The predicted molar refractivity (Wildman–Crippen MR) is 97.6 cm³/mol. The summed E-state index contributed by atoms with van der Waals surface area (Å²) in [6, 6.07) is 13.9. The van der Waals surface area contributed by atoms with Crippen LogP contribution in [-0.4, -0.2) is 18.4 Å². The molecule has 8 heteroatoms. The highest BCUT2D eigenvalue weighted by Gasteiger charge is 2.34. The fourth-order valence-electron chi connectivity index (χ4n) is 2.72. The lowest BCUT2D eigenvalue weighted by Crippen LogP contribution is -2.36. The van der Waals surface area contributed by atoms with Crippen LogP contribution in [0.2, 0.25) is 0 Å². The minimum atomic E-state index is -4.63. The fraction of sp³-hybridized carbons (Fsp3) is 0.200. The second kappa shape index (κ2) is 8.16. The van der Waals surface area contributed by atoms with Crippen LogP contribution in [0.4, 0.5) is 18.9 Å². The number of furan rings is 1. The number of aryl methyl sites for hydroxylation is 1. The zero-order valence-electron chi connectivity index (χ0n) is 14.7. The molecule has 0 bridgehead atoms. The summed E-state index contributed by atoms with van der Waals surface area (Å²) in [4.78, 5) is 23.7. The summed E-state index contributed by atoms with van der Waals surface area (Å²) >= 11 is 0. The van der Waals surface area contributed by atoms with Gasteiger partial charge in [-0.1, -0.05) is 30.3 Å². The number of benzene rings is 2. The van der Waals surface area contributed by atoms with Gasteiger partial charge in [-0.2, -0.15) is 13.2 Å². The molecule has 146 valence electrons. The number of anilines is 1. The summed E-state index contributed by atoms with van der Waals surface area (Å²) in [5, 5.41) is 5.37. The first-order valence-electron chi connectivity index (χ1n) is 8.57. The molecule has 0 saturated heterocycles. The molecule has 2 N–H and O–H groups in total. The van der Waals surface area contributed by atoms with Crippen molar-refractivity contribution in [2.24, 2.45) is 0 Å². The van der Waals surface area contributed by atoms with Gasteiger partial charge in [0.1, 0.15) is 11.3 Å². The van der Waals surface area contributed by atoms with Crippen LogP contribution in [-0.2, 0) is 22.2 Å². The summed E-state index contributed by atoms with van der Waals surface area (Å²) in [6.07, 6.45) is -3.57. The van der Waals surface area contributed by atoms with Gasteiger partial charge in [0.15, 0.2) is 0 Å². The van der Waals surface area contributed by atoms with E-state index in [9.17, 15) is 22.8 Å². The molecule has 5 nitrogen and oxygen atoms in total. The Balaban J connectivity index is 1.49. The number of amides is 2. The number of alkyl halides is 3. The fourth-order valence-corrected chi connectivity index (χ4v) is 2.72. The van der Waals surface area contributed by atoms with Crippen molar-refractivity contribution in [3.05, 3.63) is 65.9 Å². The van der Waals surface area contributed by atoms with Crippen molar-refractivity contribution in [2.45, 2.75) is 19.0 Å². The minimum absolute atomic E-state index is 0.185. The zero-order valence-corrected chi connectivity index (χ0v) is 14.7. The summed E-state index contributed by atoms with van der Waals surface area (Å²) in [6.45, 7) is 0.185. The highest BCUT2D eigenvalue weighted by Crippen LogP contribution is 2.34. The number of hydrogen-bond acceptors (Lipinski definition) is 3. The molecule has 2 aromatic carbocycles.